The number of rotatable bonds is 2. The molecule has 1 atom stereocenters. The van der Waals surface area contributed by atoms with Gasteiger partial charge in [0, 0.05) is 6.20 Å². The molecule has 4 heteroatoms. The number of benzene rings is 2. The van der Waals surface area contributed by atoms with Crippen molar-refractivity contribution in [3.8, 4) is 0 Å². The van der Waals surface area contributed by atoms with Crippen molar-refractivity contribution < 1.29 is 9.53 Å². The van der Waals surface area contributed by atoms with Crippen LogP contribution >= 0.6 is 0 Å². The van der Waals surface area contributed by atoms with Gasteiger partial charge in [0.15, 0.2) is 0 Å². The van der Waals surface area contributed by atoms with Gasteiger partial charge >= 0.3 is 24.8 Å². The van der Waals surface area contributed by atoms with Gasteiger partial charge in [-0.1, -0.05) is 48.6 Å². The first-order valence-electron chi connectivity index (χ1n) is 7.35. The number of allylic oxidation sites excluding steroid dienone is 4. The first-order chi connectivity index (χ1) is 10.8. The summed E-state index contributed by atoms with van der Waals surface area (Å²) in [7, 11) is 0. The molecule has 0 bridgehead atoms. The van der Waals surface area contributed by atoms with E-state index < -0.39 is 0 Å². The quantitative estimate of drug-likeness (QED) is 0.684. The first kappa shape index (κ1) is 15.7. The molecule has 0 radical (unpaired) electrons. The van der Waals surface area contributed by atoms with E-state index in [1.54, 1.807) is 12.3 Å². The summed E-state index contributed by atoms with van der Waals surface area (Å²) in [4.78, 5) is 12.6. The topological polar surface area (TPSA) is 38.3 Å². The monoisotopic (exact) mass is 297 g/mol. The van der Waals surface area contributed by atoms with Gasteiger partial charge in [-0.3, -0.25) is 4.79 Å². The third-order valence-corrected chi connectivity index (χ3v) is 4.11. The molecule has 0 saturated heterocycles. The zero-order chi connectivity index (χ0) is 14.9. The molecule has 0 aromatic heterocycles. The summed E-state index contributed by atoms with van der Waals surface area (Å²) in [5, 5.41) is 5.34. The van der Waals surface area contributed by atoms with Gasteiger partial charge in [-0.25, -0.2) is 0 Å². The Hall–Kier alpha value is -2.21. The Morgan fingerprint density at radius 1 is 1.09 bits per heavy atom. The van der Waals surface area contributed by atoms with Gasteiger partial charge in [-0.05, 0) is 40.5 Å². The Balaban J connectivity index is 0.00000156. The van der Waals surface area contributed by atoms with Gasteiger partial charge in [0.25, 0.3) is 0 Å². The Bertz CT molecular complexity index is 846. The molecule has 2 aliphatic rings. The van der Waals surface area contributed by atoms with E-state index in [1.165, 1.54) is 16.3 Å². The average molecular weight is 297 g/mol. The van der Waals surface area contributed by atoms with Crippen LogP contribution in [0.25, 0.3) is 10.8 Å². The van der Waals surface area contributed by atoms with Crippen LogP contribution in [0.3, 0.4) is 0 Å². The van der Waals surface area contributed by atoms with Gasteiger partial charge in [0.2, 0.25) is 5.88 Å². The van der Waals surface area contributed by atoms with Crippen LogP contribution in [-0.2, 0) is 16.0 Å². The fourth-order valence-corrected chi connectivity index (χ4v) is 3.13. The molecule has 0 fully saturated rings. The van der Waals surface area contributed by atoms with Gasteiger partial charge in [0.1, 0.15) is 0 Å². The third kappa shape index (κ3) is 2.86. The van der Waals surface area contributed by atoms with E-state index in [0.29, 0.717) is 12.3 Å². The van der Waals surface area contributed by atoms with E-state index in [-0.39, 0.29) is 30.7 Å². The molecule has 1 aliphatic heterocycles. The molecule has 2 aromatic rings. The van der Waals surface area contributed by atoms with Crippen molar-refractivity contribution in [2.75, 3.05) is 0 Å². The predicted octanol–water partition coefficient (Wildman–Crippen LogP) is 2.89. The van der Waals surface area contributed by atoms with Crippen LogP contribution in [0.2, 0.25) is 0 Å². The molecule has 1 unspecified atom stereocenters. The second-order valence-corrected chi connectivity index (χ2v) is 5.46. The number of hydrogen-bond acceptors (Lipinski definition) is 3. The van der Waals surface area contributed by atoms with Crippen molar-refractivity contribution in [3.05, 3.63) is 83.9 Å². The van der Waals surface area contributed by atoms with Crippen molar-refractivity contribution in [2.45, 2.75) is 12.3 Å². The maximum absolute atomic E-state index is 12.6. The van der Waals surface area contributed by atoms with Gasteiger partial charge in [0.05, 0.1) is 5.92 Å². The van der Waals surface area contributed by atoms with Crippen LogP contribution in [0.15, 0.2) is 72.8 Å². The van der Waals surface area contributed by atoms with E-state index in [9.17, 15) is 4.79 Å². The molecule has 2 aromatic carbocycles. The van der Waals surface area contributed by atoms with Gasteiger partial charge in [-0.2, -0.15) is 0 Å². The zero-order valence-electron chi connectivity index (χ0n) is 12.0. The summed E-state index contributed by atoms with van der Waals surface area (Å²) in [5.74, 6) is 0.00398. The van der Waals surface area contributed by atoms with E-state index in [1.807, 2.05) is 36.4 Å². The van der Waals surface area contributed by atoms with Crippen LogP contribution in [0.5, 0.6) is 0 Å². The van der Waals surface area contributed by atoms with Crippen molar-refractivity contribution >= 4 is 35.6 Å². The molecule has 0 saturated carbocycles. The van der Waals surface area contributed by atoms with Crippen molar-refractivity contribution in [2.24, 2.45) is 0 Å². The molecule has 0 spiro atoms. The second kappa shape index (κ2) is 6.50. The van der Waals surface area contributed by atoms with E-state index >= 15 is 0 Å². The number of carbonyl (C=O) groups is 1. The summed E-state index contributed by atoms with van der Waals surface area (Å²) in [6.45, 7) is 0. The Morgan fingerprint density at radius 3 is 2.78 bits per heavy atom. The minimum absolute atomic E-state index is 0. The third-order valence-electron chi connectivity index (χ3n) is 4.11. The molecular weight excluding hydrogens is 281 g/mol. The van der Waals surface area contributed by atoms with Gasteiger partial charge < -0.3 is 10.1 Å². The Kier molecular flexibility index (Phi) is 4.43. The molecule has 1 heterocycles. The van der Waals surface area contributed by atoms with Crippen LogP contribution in [0.1, 0.15) is 17.0 Å². The predicted molar refractivity (Wildman–Crippen MR) is 93.1 cm³/mol. The number of esters is 1. The second-order valence-electron chi connectivity index (χ2n) is 5.46. The summed E-state index contributed by atoms with van der Waals surface area (Å²) in [6, 6.07) is 12.3. The fourth-order valence-electron chi connectivity index (χ4n) is 3.13. The molecule has 4 rings (SSSR count). The Morgan fingerprint density at radius 2 is 1.91 bits per heavy atom. The molecular formula is C19H16LiNO2. The zero-order valence-corrected chi connectivity index (χ0v) is 12.0. The van der Waals surface area contributed by atoms with E-state index in [2.05, 4.69) is 23.5 Å². The van der Waals surface area contributed by atoms with Crippen molar-refractivity contribution in [1.29, 1.82) is 0 Å². The van der Waals surface area contributed by atoms with Crippen molar-refractivity contribution in [3.63, 3.8) is 0 Å². The maximum atomic E-state index is 12.6. The van der Waals surface area contributed by atoms with Crippen LogP contribution < -0.4 is 5.32 Å². The van der Waals surface area contributed by atoms with Crippen molar-refractivity contribution in [1.82, 2.24) is 5.32 Å². The van der Waals surface area contributed by atoms with Crippen LogP contribution in [0.4, 0.5) is 0 Å². The average Bonchev–Trinajstić information content (AvgIpc) is 2.74. The molecule has 0 amide bonds. The molecule has 110 valence electrons. The Labute approximate surface area is 146 Å². The van der Waals surface area contributed by atoms with Gasteiger partial charge in [-0.15, -0.1) is 0 Å². The number of carbonyl (C=O) groups excluding carboxylic acids is 1. The van der Waals surface area contributed by atoms with E-state index in [0.717, 1.165) is 5.56 Å². The number of ether oxygens (including phenoxy) is 1. The molecule has 3 nitrogen and oxygen atoms in total. The standard InChI is InChI=1S/C19H15NO2.Li.H/c21-19(22-17-10-2-1-3-11-20-17)16-12-14-8-4-6-13-7-5-9-15(16)18(13)14;;/h1-11,16,20H,12H2;;. The number of hydrogen-bond donors (Lipinski definition) is 1. The van der Waals surface area contributed by atoms with Crippen LogP contribution in [0, 0.1) is 0 Å². The summed E-state index contributed by atoms with van der Waals surface area (Å²) in [6.07, 6.45) is 9.76. The minimum atomic E-state index is -0.236. The van der Waals surface area contributed by atoms with Crippen LogP contribution in [-0.4, -0.2) is 24.8 Å². The molecule has 23 heavy (non-hydrogen) atoms. The molecule has 1 aliphatic carbocycles. The number of nitrogens with one attached hydrogen (secondary N) is 1. The van der Waals surface area contributed by atoms with E-state index in [4.69, 9.17) is 4.74 Å². The first-order valence-corrected chi connectivity index (χ1v) is 7.35. The fraction of sp³-hybridized carbons (Fsp3) is 0.105. The summed E-state index contributed by atoms with van der Waals surface area (Å²) in [5.41, 5.74) is 2.29. The normalized spacial score (nSPS) is 17.9. The SMILES string of the molecule is O=C(OC1=CC=CC=CN1)C1Cc2cccc3cccc1c23.[LiH]. The summed E-state index contributed by atoms with van der Waals surface area (Å²) >= 11 is 0. The molecule has 1 N–H and O–H groups in total. The summed E-state index contributed by atoms with van der Waals surface area (Å²) < 4.78 is 5.53.